The molecule has 0 saturated heterocycles. The van der Waals surface area contributed by atoms with E-state index in [1.165, 1.54) is 35.7 Å². The summed E-state index contributed by atoms with van der Waals surface area (Å²) < 4.78 is 0. The highest BCUT2D eigenvalue weighted by atomic mass is 14.9. The Kier molecular flexibility index (Phi) is 2.89. The number of nitrogens with one attached hydrogen (secondary N) is 2. The summed E-state index contributed by atoms with van der Waals surface area (Å²) in [5, 5.41) is 5.02. The summed E-state index contributed by atoms with van der Waals surface area (Å²) in [5.74, 6) is 0.903. The molecule has 1 heterocycles. The van der Waals surface area contributed by atoms with Gasteiger partial charge in [-0.1, -0.05) is 18.6 Å². The third-order valence-electron chi connectivity index (χ3n) is 4.16. The Morgan fingerprint density at radius 2 is 2.24 bits per heavy atom. The van der Waals surface area contributed by atoms with Gasteiger partial charge >= 0.3 is 0 Å². The lowest BCUT2D eigenvalue weighted by Gasteiger charge is -2.32. The second-order valence-electron chi connectivity index (χ2n) is 5.22. The van der Waals surface area contributed by atoms with Crippen LogP contribution in [-0.4, -0.2) is 11.0 Å². The Labute approximate surface area is 102 Å². The molecule has 2 nitrogen and oxygen atoms in total. The van der Waals surface area contributed by atoms with Crippen molar-refractivity contribution in [2.24, 2.45) is 5.92 Å². The molecule has 3 rings (SSSR count). The molecule has 1 atom stereocenters. The summed E-state index contributed by atoms with van der Waals surface area (Å²) in [5.41, 5.74) is 2.63. The average Bonchev–Trinajstić information content (AvgIpc) is 2.72. The predicted molar refractivity (Wildman–Crippen MR) is 71.9 cm³/mol. The van der Waals surface area contributed by atoms with Crippen molar-refractivity contribution in [2.45, 2.75) is 38.8 Å². The third kappa shape index (κ3) is 2.09. The van der Waals surface area contributed by atoms with E-state index in [-0.39, 0.29) is 0 Å². The summed E-state index contributed by atoms with van der Waals surface area (Å²) in [6.45, 7) is 3.30. The zero-order chi connectivity index (χ0) is 11.7. The highest BCUT2D eigenvalue weighted by Gasteiger charge is 2.23. The van der Waals surface area contributed by atoms with Crippen molar-refractivity contribution in [3.63, 3.8) is 0 Å². The van der Waals surface area contributed by atoms with Gasteiger partial charge in [-0.15, -0.1) is 0 Å². The predicted octanol–water partition coefficient (Wildman–Crippen LogP) is 3.45. The fraction of sp³-hybridized carbons (Fsp3) is 0.467. The number of aromatic amines is 1. The van der Waals surface area contributed by atoms with Crippen LogP contribution in [0.5, 0.6) is 0 Å². The van der Waals surface area contributed by atoms with E-state index in [4.69, 9.17) is 0 Å². The van der Waals surface area contributed by atoms with Gasteiger partial charge in [0.15, 0.2) is 0 Å². The molecule has 1 aliphatic rings. The van der Waals surface area contributed by atoms with Crippen LogP contribution in [0.25, 0.3) is 10.9 Å². The lowest BCUT2D eigenvalue weighted by Crippen LogP contribution is -2.36. The molecular formula is C15H20N2. The van der Waals surface area contributed by atoms with Crippen LogP contribution in [0, 0.1) is 5.92 Å². The second-order valence-corrected chi connectivity index (χ2v) is 5.22. The molecule has 1 aliphatic carbocycles. The van der Waals surface area contributed by atoms with Gasteiger partial charge in [-0.2, -0.15) is 0 Å². The molecule has 1 aromatic carbocycles. The van der Waals surface area contributed by atoms with E-state index >= 15 is 0 Å². The van der Waals surface area contributed by atoms with E-state index in [1.54, 1.807) is 0 Å². The van der Waals surface area contributed by atoms with Gasteiger partial charge in [-0.25, -0.2) is 0 Å². The SMILES string of the molecule is CC(NCc1cccc2[nH]ccc12)C1CCC1. The topological polar surface area (TPSA) is 27.8 Å². The van der Waals surface area contributed by atoms with E-state index in [0.29, 0.717) is 6.04 Å². The first-order chi connectivity index (χ1) is 8.34. The van der Waals surface area contributed by atoms with Gasteiger partial charge in [0, 0.05) is 29.7 Å². The number of fused-ring (bicyclic) bond motifs is 1. The number of benzene rings is 1. The summed E-state index contributed by atoms with van der Waals surface area (Å²) >= 11 is 0. The Morgan fingerprint density at radius 1 is 1.35 bits per heavy atom. The van der Waals surface area contributed by atoms with Crippen LogP contribution in [0.1, 0.15) is 31.7 Å². The van der Waals surface area contributed by atoms with Crippen LogP contribution >= 0.6 is 0 Å². The molecule has 2 aromatic rings. The van der Waals surface area contributed by atoms with Crippen LogP contribution in [-0.2, 0) is 6.54 Å². The Hall–Kier alpha value is -1.28. The number of rotatable bonds is 4. The first-order valence-corrected chi connectivity index (χ1v) is 6.63. The number of hydrogen-bond donors (Lipinski definition) is 2. The Morgan fingerprint density at radius 3 is 3.00 bits per heavy atom. The Bertz CT molecular complexity index is 496. The first-order valence-electron chi connectivity index (χ1n) is 6.63. The van der Waals surface area contributed by atoms with Gasteiger partial charge in [-0.3, -0.25) is 0 Å². The van der Waals surface area contributed by atoms with Crippen LogP contribution < -0.4 is 5.32 Å². The number of hydrogen-bond acceptors (Lipinski definition) is 1. The molecule has 0 radical (unpaired) electrons. The van der Waals surface area contributed by atoms with E-state index in [0.717, 1.165) is 12.5 Å². The van der Waals surface area contributed by atoms with E-state index in [2.05, 4.69) is 41.5 Å². The highest BCUT2D eigenvalue weighted by molar-refractivity contribution is 5.82. The van der Waals surface area contributed by atoms with Gasteiger partial charge < -0.3 is 10.3 Å². The maximum Gasteiger partial charge on any atom is 0.0457 e. The molecule has 0 aliphatic heterocycles. The molecule has 90 valence electrons. The summed E-state index contributed by atoms with van der Waals surface area (Å²) in [7, 11) is 0. The molecule has 2 heteroatoms. The zero-order valence-electron chi connectivity index (χ0n) is 10.4. The lowest BCUT2D eigenvalue weighted by atomic mass is 9.80. The number of aromatic nitrogens is 1. The van der Waals surface area contributed by atoms with E-state index in [9.17, 15) is 0 Å². The van der Waals surface area contributed by atoms with E-state index in [1.807, 2.05) is 6.20 Å². The number of H-pyrrole nitrogens is 1. The second kappa shape index (κ2) is 4.53. The van der Waals surface area contributed by atoms with Crippen molar-refractivity contribution in [3.05, 3.63) is 36.0 Å². The molecule has 2 N–H and O–H groups in total. The smallest absolute Gasteiger partial charge is 0.0457 e. The molecule has 17 heavy (non-hydrogen) atoms. The largest absolute Gasteiger partial charge is 0.361 e. The van der Waals surface area contributed by atoms with Crippen LogP contribution in [0.3, 0.4) is 0 Å². The fourth-order valence-corrected chi connectivity index (χ4v) is 2.68. The highest BCUT2D eigenvalue weighted by Crippen LogP contribution is 2.29. The van der Waals surface area contributed by atoms with Crippen LogP contribution in [0.4, 0.5) is 0 Å². The molecular weight excluding hydrogens is 208 g/mol. The molecule has 1 fully saturated rings. The summed E-state index contributed by atoms with van der Waals surface area (Å²) in [6.07, 6.45) is 6.25. The van der Waals surface area contributed by atoms with Gasteiger partial charge in [0.2, 0.25) is 0 Å². The monoisotopic (exact) mass is 228 g/mol. The standard InChI is InChI=1S/C15H20N2/c1-11(12-4-2-5-12)17-10-13-6-3-7-15-14(13)8-9-16-15/h3,6-9,11-12,16-17H,2,4-5,10H2,1H3. The minimum absolute atomic E-state index is 0.651. The van der Waals surface area contributed by atoms with Crippen LogP contribution in [0.2, 0.25) is 0 Å². The van der Waals surface area contributed by atoms with Crippen LogP contribution in [0.15, 0.2) is 30.5 Å². The van der Waals surface area contributed by atoms with Gasteiger partial charge in [-0.05, 0) is 43.4 Å². The Balaban J connectivity index is 1.69. The lowest BCUT2D eigenvalue weighted by molar-refractivity contribution is 0.240. The summed E-state index contributed by atoms with van der Waals surface area (Å²) in [6, 6.07) is 9.30. The van der Waals surface area contributed by atoms with Gasteiger partial charge in [0.05, 0.1) is 0 Å². The quantitative estimate of drug-likeness (QED) is 0.824. The van der Waals surface area contributed by atoms with Gasteiger partial charge in [0.1, 0.15) is 0 Å². The maximum absolute atomic E-state index is 3.67. The first kappa shape index (κ1) is 10.8. The third-order valence-corrected chi connectivity index (χ3v) is 4.16. The minimum atomic E-state index is 0.651. The van der Waals surface area contributed by atoms with Crippen molar-refractivity contribution >= 4 is 10.9 Å². The van der Waals surface area contributed by atoms with Crippen molar-refractivity contribution in [3.8, 4) is 0 Å². The molecule has 0 spiro atoms. The van der Waals surface area contributed by atoms with Crippen molar-refractivity contribution in [1.82, 2.24) is 10.3 Å². The minimum Gasteiger partial charge on any atom is -0.361 e. The fourth-order valence-electron chi connectivity index (χ4n) is 2.68. The summed E-state index contributed by atoms with van der Waals surface area (Å²) in [4.78, 5) is 3.26. The van der Waals surface area contributed by atoms with Crippen molar-refractivity contribution < 1.29 is 0 Å². The molecule has 1 unspecified atom stereocenters. The van der Waals surface area contributed by atoms with Gasteiger partial charge in [0.25, 0.3) is 0 Å². The normalized spacial score (nSPS) is 18.2. The molecule has 1 aromatic heterocycles. The molecule has 0 amide bonds. The molecule has 0 bridgehead atoms. The van der Waals surface area contributed by atoms with Crippen molar-refractivity contribution in [2.75, 3.05) is 0 Å². The average molecular weight is 228 g/mol. The van der Waals surface area contributed by atoms with Crippen molar-refractivity contribution in [1.29, 1.82) is 0 Å². The maximum atomic E-state index is 3.67. The molecule has 1 saturated carbocycles. The van der Waals surface area contributed by atoms with E-state index < -0.39 is 0 Å². The zero-order valence-corrected chi connectivity index (χ0v) is 10.4.